The molecule has 17 heavy (non-hydrogen) atoms. The third kappa shape index (κ3) is 2.42. The van der Waals surface area contributed by atoms with Crippen molar-refractivity contribution in [3.05, 3.63) is 29.3 Å². The first kappa shape index (κ1) is 13.5. The fourth-order valence-electron chi connectivity index (χ4n) is 1.89. The van der Waals surface area contributed by atoms with Crippen LogP contribution in [0.3, 0.4) is 0 Å². The van der Waals surface area contributed by atoms with E-state index in [4.69, 9.17) is 9.84 Å². The number of ether oxygens (including phenoxy) is 1. The second-order valence-corrected chi connectivity index (χ2v) is 4.62. The van der Waals surface area contributed by atoms with Crippen molar-refractivity contribution in [2.45, 2.75) is 32.3 Å². The lowest BCUT2D eigenvalue weighted by atomic mass is 9.78. The van der Waals surface area contributed by atoms with Crippen LogP contribution in [0.2, 0.25) is 0 Å². The van der Waals surface area contributed by atoms with Crippen LogP contribution in [0.1, 0.15) is 25.0 Å². The van der Waals surface area contributed by atoms with Gasteiger partial charge in [-0.1, -0.05) is 32.0 Å². The molecular weight excluding hydrogens is 220 g/mol. The second-order valence-electron chi connectivity index (χ2n) is 4.62. The molecule has 1 atom stereocenters. The summed E-state index contributed by atoms with van der Waals surface area (Å²) in [4.78, 5) is 10.9. The molecule has 0 aliphatic heterocycles. The number of hydrogen-bond acceptors (Lipinski definition) is 3. The van der Waals surface area contributed by atoms with E-state index in [0.29, 0.717) is 11.3 Å². The molecule has 94 valence electrons. The van der Waals surface area contributed by atoms with Crippen molar-refractivity contribution < 1.29 is 19.7 Å². The van der Waals surface area contributed by atoms with E-state index in [0.717, 1.165) is 5.56 Å². The van der Waals surface area contributed by atoms with Crippen molar-refractivity contribution in [3.8, 4) is 5.75 Å². The van der Waals surface area contributed by atoms with Crippen LogP contribution in [-0.4, -0.2) is 29.4 Å². The van der Waals surface area contributed by atoms with Crippen LogP contribution in [0.4, 0.5) is 0 Å². The molecule has 1 unspecified atom stereocenters. The Labute approximate surface area is 101 Å². The third-order valence-corrected chi connectivity index (χ3v) is 3.03. The number of carbonyl (C=O) groups is 1. The Morgan fingerprint density at radius 3 is 2.47 bits per heavy atom. The van der Waals surface area contributed by atoms with Crippen LogP contribution in [0.5, 0.6) is 5.75 Å². The molecule has 1 rings (SSSR count). The lowest BCUT2D eigenvalue weighted by molar-refractivity contribution is -0.150. The number of methoxy groups -OCH3 is 1. The highest BCUT2D eigenvalue weighted by atomic mass is 16.5. The third-order valence-electron chi connectivity index (χ3n) is 3.03. The van der Waals surface area contributed by atoms with Crippen LogP contribution in [-0.2, 0) is 10.2 Å². The van der Waals surface area contributed by atoms with Crippen LogP contribution in [0.25, 0.3) is 0 Å². The zero-order chi connectivity index (χ0) is 13.2. The van der Waals surface area contributed by atoms with E-state index in [9.17, 15) is 9.90 Å². The maximum absolute atomic E-state index is 10.9. The molecule has 0 heterocycles. The standard InChI is InChI=1S/C13H18O4/c1-8-6-5-7-9(10(8)17-4)13(2,3)11(14)12(15)16/h5-7,11,14H,1-4H3,(H,15,16). The monoisotopic (exact) mass is 238 g/mol. The maximum Gasteiger partial charge on any atom is 0.333 e. The predicted octanol–water partition coefficient (Wildman–Crippen LogP) is 1.73. The van der Waals surface area contributed by atoms with Gasteiger partial charge in [-0.25, -0.2) is 4.79 Å². The van der Waals surface area contributed by atoms with E-state index in [1.54, 1.807) is 19.9 Å². The Hall–Kier alpha value is -1.55. The van der Waals surface area contributed by atoms with Gasteiger partial charge in [0.1, 0.15) is 5.75 Å². The number of carboxylic acids is 1. The number of aliphatic carboxylic acids is 1. The van der Waals surface area contributed by atoms with Crippen molar-refractivity contribution in [2.24, 2.45) is 0 Å². The van der Waals surface area contributed by atoms with E-state index in [2.05, 4.69) is 0 Å². The average molecular weight is 238 g/mol. The molecule has 0 spiro atoms. The Bertz CT molecular complexity index is 423. The van der Waals surface area contributed by atoms with Gasteiger partial charge in [0.2, 0.25) is 0 Å². The highest BCUT2D eigenvalue weighted by molar-refractivity contribution is 5.74. The van der Waals surface area contributed by atoms with Crippen LogP contribution in [0, 0.1) is 6.92 Å². The summed E-state index contributed by atoms with van der Waals surface area (Å²) >= 11 is 0. The van der Waals surface area contributed by atoms with Crippen LogP contribution >= 0.6 is 0 Å². The summed E-state index contributed by atoms with van der Waals surface area (Å²) in [6.07, 6.45) is -1.47. The average Bonchev–Trinajstić information content (AvgIpc) is 2.27. The summed E-state index contributed by atoms with van der Waals surface area (Å²) in [7, 11) is 1.54. The lowest BCUT2D eigenvalue weighted by Gasteiger charge is -2.30. The Morgan fingerprint density at radius 2 is 2.00 bits per heavy atom. The zero-order valence-corrected chi connectivity index (χ0v) is 10.5. The van der Waals surface area contributed by atoms with Gasteiger partial charge in [-0.2, -0.15) is 0 Å². The summed E-state index contributed by atoms with van der Waals surface area (Å²) in [6.45, 7) is 5.25. The predicted molar refractivity (Wildman–Crippen MR) is 64.4 cm³/mol. The first-order valence-electron chi connectivity index (χ1n) is 5.37. The normalized spacial score (nSPS) is 13.2. The molecule has 0 aliphatic rings. The minimum absolute atomic E-state index is 0.623. The maximum atomic E-state index is 10.9. The van der Waals surface area contributed by atoms with Gasteiger partial charge in [-0.05, 0) is 12.5 Å². The minimum atomic E-state index is -1.47. The summed E-state index contributed by atoms with van der Waals surface area (Å²) in [5.41, 5.74) is 0.689. The number of para-hydroxylation sites is 1. The van der Waals surface area contributed by atoms with Crippen molar-refractivity contribution in [1.82, 2.24) is 0 Å². The molecule has 4 nitrogen and oxygen atoms in total. The van der Waals surface area contributed by atoms with Gasteiger partial charge in [0.05, 0.1) is 7.11 Å². The quantitative estimate of drug-likeness (QED) is 0.838. The lowest BCUT2D eigenvalue weighted by Crippen LogP contribution is -2.40. The number of aliphatic hydroxyl groups is 1. The summed E-state index contributed by atoms with van der Waals surface area (Å²) in [6, 6.07) is 5.48. The minimum Gasteiger partial charge on any atom is -0.496 e. The largest absolute Gasteiger partial charge is 0.496 e. The molecule has 0 bridgehead atoms. The van der Waals surface area contributed by atoms with Crippen molar-refractivity contribution in [2.75, 3.05) is 7.11 Å². The molecule has 2 N–H and O–H groups in total. The Morgan fingerprint density at radius 1 is 1.41 bits per heavy atom. The highest BCUT2D eigenvalue weighted by Crippen LogP contribution is 2.36. The smallest absolute Gasteiger partial charge is 0.333 e. The number of aryl methyl sites for hydroxylation is 1. The van der Waals surface area contributed by atoms with Gasteiger partial charge in [0, 0.05) is 11.0 Å². The van der Waals surface area contributed by atoms with Crippen molar-refractivity contribution >= 4 is 5.97 Å². The summed E-state index contributed by atoms with van der Waals surface area (Å²) in [5.74, 6) is -0.614. The number of aliphatic hydroxyl groups excluding tert-OH is 1. The SMILES string of the molecule is COc1c(C)cccc1C(C)(C)C(O)C(=O)O. The van der Waals surface area contributed by atoms with Gasteiger partial charge in [0.15, 0.2) is 6.10 Å². The molecule has 0 aliphatic carbocycles. The van der Waals surface area contributed by atoms with Crippen molar-refractivity contribution in [3.63, 3.8) is 0 Å². The number of hydrogen-bond donors (Lipinski definition) is 2. The van der Waals surface area contributed by atoms with E-state index >= 15 is 0 Å². The first-order valence-corrected chi connectivity index (χ1v) is 5.37. The van der Waals surface area contributed by atoms with Gasteiger partial charge >= 0.3 is 5.97 Å². The molecule has 4 heteroatoms. The molecule has 0 saturated carbocycles. The molecule has 0 saturated heterocycles. The summed E-state index contributed by atoms with van der Waals surface area (Å²) < 4.78 is 5.29. The molecule has 0 fully saturated rings. The van der Waals surface area contributed by atoms with Crippen LogP contribution < -0.4 is 4.74 Å². The number of carboxylic acid groups (broad SMARTS) is 1. The molecule has 0 aromatic heterocycles. The second kappa shape index (κ2) is 4.75. The molecule has 0 radical (unpaired) electrons. The molecule has 1 aromatic rings. The van der Waals surface area contributed by atoms with Gasteiger partial charge in [0.25, 0.3) is 0 Å². The van der Waals surface area contributed by atoms with E-state index in [1.165, 1.54) is 7.11 Å². The van der Waals surface area contributed by atoms with Gasteiger partial charge in [-0.3, -0.25) is 0 Å². The Kier molecular flexibility index (Phi) is 3.78. The van der Waals surface area contributed by atoms with E-state index in [1.807, 2.05) is 19.1 Å². The molecular formula is C13H18O4. The van der Waals surface area contributed by atoms with E-state index in [-0.39, 0.29) is 0 Å². The van der Waals surface area contributed by atoms with E-state index < -0.39 is 17.5 Å². The molecule has 0 amide bonds. The topological polar surface area (TPSA) is 66.8 Å². The fourth-order valence-corrected chi connectivity index (χ4v) is 1.89. The van der Waals surface area contributed by atoms with Gasteiger partial charge < -0.3 is 14.9 Å². The zero-order valence-electron chi connectivity index (χ0n) is 10.5. The number of rotatable bonds is 4. The molecule has 1 aromatic carbocycles. The van der Waals surface area contributed by atoms with Crippen LogP contribution in [0.15, 0.2) is 18.2 Å². The fraction of sp³-hybridized carbons (Fsp3) is 0.462. The first-order chi connectivity index (χ1) is 7.82. The van der Waals surface area contributed by atoms with Crippen molar-refractivity contribution in [1.29, 1.82) is 0 Å². The van der Waals surface area contributed by atoms with Gasteiger partial charge in [-0.15, -0.1) is 0 Å². The summed E-state index contributed by atoms with van der Waals surface area (Å²) in [5, 5.41) is 18.7. The number of benzene rings is 1. The Balaban J connectivity index is 3.32. The highest BCUT2D eigenvalue weighted by Gasteiger charge is 2.37.